The van der Waals surface area contributed by atoms with Gasteiger partial charge in [0.05, 0.1) is 24.1 Å². The number of hydrogen-bond donors (Lipinski definition) is 1. The minimum absolute atomic E-state index is 0.264. The lowest BCUT2D eigenvalue weighted by Crippen LogP contribution is -2.12. The standard InChI is InChI=1S/C15H16N2O4S/c1-3-20-14(19)12-8(2)16-15(22-12)17-13(18)10-6-7-21-11(10)9-4-5-9/h6-7,9H,3-5H2,1-2H3,(H,16,17,18). The Morgan fingerprint density at radius 2 is 2.27 bits per heavy atom. The van der Waals surface area contributed by atoms with Gasteiger partial charge in [-0.3, -0.25) is 10.1 Å². The van der Waals surface area contributed by atoms with E-state index in [-0.39, 0.29) is 5.91 Å². The molecule has 1 aliphatic carbocycles. The number of carbonyl (C=O) groups is 2. The molecule has 7 heteroatoms. The van der Waals surface area contributed by atoms with Gasteiger partial charge in [0.1, 0.15) is 10.6 Å². The maximum atomic E-state index is 12.3. The maximum absolute atomic E-state index is 12.3. The third kappa shape index (κ3) is 2.89. The first-order chi connectivity index (χ1) is 10.6. The molecule has 0 atom stereocenters. The molecular weight excluding hydrogens is 304 g/mol. The molecule has 1 amide bonds. The van der Waals surface area contributed by atoms with Gasteiger partial charge in [0.2, 0.25) is 0 Å². The smallest absolute Gasteiger partial charge is 0.350 e. The molecule has 1 aliphatic rings. The molecule has 6 nitrogen and oxygen atoms in total. The molecule has 0 radical (unpaired) electrons. The number of hydrogen-bond acceptors (Lipinski definition) is 6. The number of nitrogens with one attached hydrogen (secondary N) is 1. The molecule has 3 rings (SSSR count). The largest absolute Gasteiger partial charge is 0.468 e. The molecule has 0 aromatic carbocycles. The van der Waals surface area contributed by atoms with E-state index in [0.717, 1.165) is 29.9 Å². The normalized spacial score (nSPS) is 13.9. The Balaban J connectivity index is 1.75. The third-order valence-electron chi connectivity index (χ3n) is 3.37. The van der Waals surface area contributed by atoms with Crippen LogP contribution in [0.15, 0.2) is 16.7 Å². The summed E-state index contributed by atoms with van der Waals surface area (Å²) in [5, 5.41) is 3.11. The van der Waals surface area contributed by atoms with Crippen molar-refractivity contribution in [3.8, 4) is 0 Å². The fraction of sp³-hybridized carbons (Fsp3) is 0.400. The van der Waals surface area contributed by atoms with Crippen molar-refractivity contribution in [3.63, 3.8) is 0 Å². The summed E-state index contributed by atoms with van der Waals surface area (Å²) in [5.41, 5.74) is 1.08. The van der Waals surface area contributed by atoms with Gasteiger partial charge < -0.3 is 9.15 Å². The van der Waals surface area contributed by atoms with Crippen LogP contribution in [0.3, 0.4) is 0 Å². The Morgan fingerprint density at radius 1 is 1.50 bits per heavy atom. The summed E-state index contributed by atoms with van der Waals surface area (Å²) >= 11 is 1.11. The molecule has 1 fully saturated rings. The predicted molar refractivity (Wildman–Crippen MR) is 81.4 cm³/mol. The van der Waals surface area contributed by atoms with Crippen LogP contribution in [0.4, 0.5) is 5.13 Å². The molecule has 0 bridgehead atoms. The zero-order valence-electron chi connectivity index (χ0n) is 12.3. The summed E-state index contributed by atoms with van der Waals surface area (Å²) in [7, 11) is 0. The molecule has 1 N–H and O–H groups in total. The second kappa shape index (κ2) is 5.92. The average molecular weight is 320 g/mol. The molecular formula is C15H16N2O4S. The number of thiazole rings is 1. The first kappa shape index (κ1) is 14.8. The van der Waals surface area contributed by atoms with Crippen molar-refractivity contribution < 1.29 is 18.7 Å². The van der Waals surface area contributed by atoms with E-state index in [1.54, 1.807) is 19.9 Å². The Labute approximate surface area is 131 Å². The van der Waals surface area contributed by atoms with Crippen molar-refractivity contribution in [1.82, 2.24) is 4.98 Å². The van der Waals surface area contributed by atoms with Crippen molar-refractivity contribution in [2.24, 2.45) is 0 Å². The summed E-state index contributed by atoms with van der Waals surface area (Å²) in [5.74, 6) is 0.403. The number of nitrogens with zero attached hydrogens (tertiary/aromatic N) is 1. The van der Waals surface area contributed by atoms with Gasteiger partial charge in [-0.2, -0.15) is 0 Å². The lowest BCUT2D eigenvalue weighted by Gasteiger charge is -2.01. The molecule has 2 heterocycles. The maximum Gasteiger partial charge on any atom is 0.350 e. The van der Waals surface area contributed by atoms with Crippen LogP contribution in [0.25, 0.3) is 0 Å². The topological polar surface area (TPSA) is 81.4 Å². The number of rotatable bonds is 5. The van der Waals surface area contributed by atoms with Gasteiger partial charge in [-0.15, -0.1) is 0 Å². The summed E-state index contributed by atoms with van der Waals surface area (Å²) in [6.07, 6.45) is 3.63. The Bertz CT molecular complexity index is 715. The van der Waals surface area contributed by atoms with Crippen LogP contribution in [-0.2, 0) is 4.74 Å². The molecule has 116 valence electrons. The van der Waals surface area contributed by atoms with E-state index in [9.17, 15) is 9.59 Å². The number of aryl methyl sites for hydroxylation is 1. The fourth-order valence-electron chi connectivity index (χ4n) is 2.17. The van der Waals surface area contributed by atoms with E-state index in [4.69, 9.17) is 9.15 Å². The van der Waals surface area contributed by atoms with Crippen LogP contribution in [0.2, 0.25) is 0 Å². The van der Waals surface area contributed by atoms with E-state index in [1.807, 2.05) is 0 Å². The molecule has 0 spiro atoms. The monoisotopic (exact) mass is 320 g/mol. The van der Waals surface area contributed by atoms with Crippen LogP contribution in [0.1, 0.15) is 57.2 Å². The van der Waals surface area contributed by atoms with Crippen molar-refractivity contribution in [2.75, 3.05) is 11.9 Å². The zero-order valence-corrected chi connectivity index (χ0v) is 13.2. The first-order valence-electron chi connectivity index (χ1n) is 7.13. The molecule has 0 saturated heterocycles. The number of ether oxygens (including phenoxy) is 1. The number of furan rings is 1. The fourth-order valence-corrected chi connectivity index (χ4v) is 3.03. The number of aromatic nitrogens is 1. The molecule has 0 unspecified atom stereocenters. The third-order valence-corrected chi connectivity index (χ3v) is 4.42. The van der Waals surface area contributed by atoms with Crippen LogP contribution < -0.4 is 5.32 Å². The minimum atomic E-state index is -0.417. The minimum Gasteiger partial charge on any atom is -0.468 e. The van der Waals surface area contributed by atoms with Gasteiger partial charge in [-0.1, -0.05) is 11.3 Å². The molecule has 0 aliphatic heterocycles. The van der Waals surface area contributed by atoms with Crippen molar-refractivity contribution in [1.29, 1.82) is 0 Å². The van der Waals surface area contributed by atoms with Crippen LogP contribution in [-0.4, -0.2) is 23.5 Å². The summed E-state index contributed by atoms with van der Waals surface area (Å²) in [6.45, 7) is 3.76. The van der Waals surface area contributed by atoms with Crippen LogP contribution >= 0.6 is 11.3 Å². The molecule has 2 aromatic rings. The summed E-state index contributed by atoms with van der Waals surface area (Å²) in [6, 6.07) is 1.66. The van der Waals surface area contributed by atoms with E-state index < -0.39 is 5.97 Å². The Morgan fingerprint density at radius 3 is 2.95 bits per heavy atom. The highest BCUT2D eigenvalue weighted by atomic mass is 32.1. The van der Waals surface area contributed by atoms with E-state index in [2.05, 4.69) is 10.3 Å². The van der Waals surface area contributed by atoms with Crippen molar-refractivity contribution >= 4 is 28.3 Å². The van der Waals surface area contributed by atoms with Gasteiger partial charge in [-0.05, 0) is 32.8 Å². The predicted octanol–water partition coefficient (Wildman–Crippen LogP) is 3.35. The SMILES string of the molecule is CCOC(=O)c1sc(NC(=O)c2ccoc2C2CC2)nc1C. The van der Waals surface area contributed by atoms with Gasteiger partial charge in [0.25, 0.3) is 5.91 Å². The van der Waals surface area contributed by atoms with E-state index in [1.165, 1.54) is 6.26 Å². The summed E-state index contributed by atoms with van der Waals surface area (Å²) < 4.78 is 10.4. The Hall–Kier alpha value is -2.15. The van der Waals surface area contributed by atoms with Gasteiger partial charge in [0, 0.05) is 5.92 Å². The van der Waals surface area contributed by atoms with Gasteiger partial charge in [-0.25, -0.2) is 9.78 Å². The number of anilines is 1. The average Bonchev–Trinajstić information content (AvgIpc) is 3.08. The highest BCUT2D eigenvalue weighted by molar-refractivity contribution is 7.17. The lowest BCUT2D eigenvalue weighted by atomic mass is 10.2. The van der Waals surface area contributed by atoms with Crippen LogP contribution in [0.5, 0.6) is 0 Å². The lowest BCUT2D eigenvalue weighted by molar-refractivity contribution is 0.0531. The second-order valence-electron chi connectivity index (χ2n) is 5.08. The number of esters is 1. The highest BCUT2D eigenvalue weighted by Crippen LogP contribution is 2.42. The highest BCUT2D eigenvalue weighted by Gasteiger charge is 2.31. The zero-order chi connectivity index (χ0) is 15.7. The van der Waals surface area contributed by atoms with Gasteiger partial charge in [0.15, 0.2) is 5.13 Å². The van der Waals surface area contributed by atoms with E-state index in [0.29, 0.717) is 33.8 Å². The van der Waals surface area contributed by atoms with Gasteiger partial charge >= 0.3 is 5.97 Å². The first-order valence-corrected chi connectivity index (χ1v) is 7.95. The van der Waals surface area contributed by atoms with E-state index >= 15 is 0 Å². The summed E-state index contributed by atoms with van der Waals surface area (Å²) in [4.78, 5) is 28.7. The second-order valence-corrected chi connectivity index (χ2v) is 6.08. The molecule has 22 heavy (non-hydrogen) atoms. The number of carbonyl (C=O) groups excluding carboxylic acids is 2. The van der Waals surface area contributed by atoms with Crippen LogP contribution in [0, 0.1) is 6.92 Å². The quantitative estimate of drug-likeness (QED) is 0.854. The molecule has 2 aromatic heterocycles. The molecule has 1 saturated carbocycles. The number of amides is 1. The van der Waals surface area contributed by atoms with Crippen molar-refractivity contribution in [3.05, 3.63) is 34.2 Å². The Kier molecular flexibility index (Phi) is 3.98. The van der Waals surface area contributed by atoms with Crippen molar-refractivity contribution in [2.45, 2.75) is 32.6 Å².